The molecule has 4 heteroatoms. The number of aliphatic hydroxyl groups excluding tert-OH is 1. The average molecular weight is 226 g/mol. The van der Waals surface area contributed by atoms with Crippen molar-refractivity contribution in [3.63, 3.8) is 0 Å². The van der Waals surface area contributed by atoms with Gasteiger partial charge < -0.3 is 15.3 Å². The summed E-state index contributed by atoms with van der Waals surface area (Å²) in [4.78, 5) is 14.2. The number of rotatable bonds is 2. The molecule has 0 aromatic carbocycles. The number of likely N-dealkylation sites (tertiary alicyclic amines) is 1. The van der Waals surface area contributed by atoms with Crippen molar-refractivity contribution in [1.82, 2.24) is 10.2 Å². The molecule has 0 aromatic rings. The number of aliphatic hydroxyl groups is 1. The Labute approximate surface area is 97.0 Å². The third-order valence-electron chi connectivity index (χ3n) is 3.77. The maximum absolute atomic E-state index is 12.3. The molecule has 2 aliphatic heterocycles. The second-order valence-corrected chi connectivity index (χ2v) is 4.91. The molecule has 4 nitrogen and oxygen atoms in total. The molecule has 2 heterocycles. The van der Waals surface area contributed by atoms with Crippen LogP contribution in [-0.4, -0.2) is 48.2 Å². The van der Waals surface area contributed by atoms with Crippen LogP contribution in [-0.2, 0) is 4.79 Å². The van der Waals surface area contributed by atoms with Crippen LogP contribution in [0, 0.1) is 5.92 Å². The minimum absolute atomic E-state index is 0.0724. The van der Waals surface area contributed by atoms with Gasteiger partial charge in [0, 0.05) is 13.1 Å². The van der Waals surface area contributed by atoms with E-state index < -0.39 is 0 Å². The van der Waals surface area contributed by atoms with Gasteiger partial charge in [-0.1, -0.05) is 0 Å². The smallest absolute Gasteiger partial charge is 0.227 e. The first kappa shape index (κ1) is 11.9. The van der Waals surface area contributed by atoms with E-state index in [4.69, 9.17) is 0 Å². The van der Waals surface area contributed by atoms with E-state index in [-0.39, 0.29) is 24.5 Å². The highest BCUT2D eigenvalue weighted by Gasteiger charge is 2.31. The predicted octanol–water partition coefficient (Wildman–Crippen LogP) is 0.359. The Hall–Kier alpha value is -0.610. The fourth-order valence-electron chi connectivity index (χ4n) is 2.78. The number of hydrogen-bond acceptors (Lipinski definition) is 3. The Bertz CT molecular complexity index is 239. The molecule has 2 saturated heterocycles. The van der Waals surface area contributed by atoms with Crippen molar-refractivity contribution in [2.45, 2.75) is 38.1 Å². The van der Waals surface area contributed by atoms with E-state index in [0.29, 0.717) is 0 Å². The van der Waals surface area contributed by atoms with Gasteiger partial charge in [-0.25, -0.2) is 0 Å². The molecule has 1 unspecified atom stereocenters. The summed E-state index contributed by atoms with van der Waals surface area (Å²) in [5.74, 6) is 0.395. The van der Waals surface area contributed by atoms with Gasteiger partial charge >= 0.3 is 0 Å². The first-order chi connectivity index (χ1) is 7.83. The zero-order chi connectivity index (χ0) is 11.4. The minimum atomic E-state index is 0.0724. The molecule has 0 radical (unpaired) electrons. The second-order valence-electron chi connectivity index (χ2n) is 4.91. The van der Waals surface area contributed by atoms with Crippen LogP contribution in [0.15, 0.2) is 0 Å². The average Bonchev–Trinajstić information content (AvgIpc) is 2.39. The molecule has 2 atom stereocenters. The molecule has 0 aromatic heterocycles. The van der Waals surface area contributed by atoms with Gasteiger partial charge in [-0.2, -0.15) is 0 Å². The van der Waals surface area contributed by atoms with Crippen molar-refractivity contribution in [3.05, 3.63) is 0 Å². The van der Waals surface area contributed by atoms with Gasteiger partial charge in [0.1, 0.15) is 0 Å². The van der Waals surface area contributed by atoms with E-state index in [1.807, 2.05) is 4.90 Å². The highest BCUT2D eigenvalue weighted by atomic mass is 16.3. The zero-order valence-electron chi connectivity index (χ0n) is 9.82. The lowest BCUT2D eigenvalue weighted by Gasteiger charge is -2.37. The summed E-state index contributed by atoms with van der Waals surface area (Å²) in [7, 11) is 0. The maximum Gasteiger partial charge on any atom is 0.227 e. The Morgan fingerprint density at radius 1 is 1.31 bits per heavy atom. The molecule has 2 rings (SSSR count). The molecular weight excluding hydrogens is 204 g/mol. The standard InChI is InChI=1S/C12H22N2O2/c15-9-11-5-1-2-7-14(11)12(16)10-4-3-6-13-8-10/h10-11,13,15H,1-9H2/t10-,11?/m1/s1. The van der Waals surface area contributed by atoms with Crippen LogP contribution in [0.2, 0.25) is 0 Å². The molecule has 0 saturated carbocycles. The van der Waals surface area contributed by atoms with Crippen molar-refractivity contribution in [1.29, 1.82) is 0 Å². The third kappa shape index (κ3) is 2.55. The van der Waals surface area contributed by atoms with E-state index in [1.165, 1.54) is 0 Å². The van der Waals surface area contributed by atoms with Crippen LogP contribution < -0.4 is 5.32 Å². The third-order valence-corrected chi connectivity index (χ3v) is 3.77. The van der Waals surface area contributed by atoms with Crippen molar-refractivity contribution in [2.75, 3.05) is 26.2 Å². The van der Waals surface area contributed by atoms with Crippen LogP contribution in [0.1, 0.15) is 32.1 Å². The lowest BCUT2D eigenvalue weighted by atomic mass is 9.95. The Morgan fingerprint density at radius 3 is 2.88 bits per heavy atom. The Balaban J connectivity index is 1.95. The summed E-state index contributed by atoms with van der Waals surface area (Å²) in [6, 6.07) is 0.0724. The number of nitrogens with one attached hydrogen (secondary N) is 1. The molecule has 0 spiro atoms. The van der Waals surface area contributed by atoms with Gasteiger partial charge in [0.05, 0.1) is 18.6 Å². The van der Waals surface area contributed by atoms with Crippen LogP contribution >= 0.6 is 0 Å². The quantitative estimate of drug-likeness (QED) is 0.715. The van der Waals surface area contributed by atoms with Crippen LogP contribution in [0.3, 0.4) is 0 Å². The zero-order valence-corrected chi connectivity index (χ0v) is 9.82. The minimum Gasteiger partial charge on any atom is -0.394 e. The molecule has 1 amide bonds. The summed E-state index contributed by atoms with van der Waals surface area (Å²) in [6.07, 6.45) is 5.28. The van der Waals surface area contributed by atoms with Gasteiger partial charge in [-0.3, -0.25) is 4.79 Å². The molecule has 2 N–H and O–H groups in total. The fraction of sp³-hybridized carbons (Fsp3) is 0.917. The van der Waals surface area contributed by atoms with E-state index >= 15 is 0 Å². The summed E-state index contributed by atoms with van der Waals surface area (Å²) in [5.41, 5.74) is 0. The number of carbonyl (C=O) groups excluding carboxylic acids is 1. The Kier molecular flexibility index (Phi) is 4.18. The first-order valence-electron chi connectivity index (χ1n) is 6.45. The highest BCUT2D eigenvalue weighted by molar-refractivity contribution is 5.79. The highest BCUT2D eigenvalue weighted by Crippen LogP contribution is 2.21. The van der Waals surface area contributed by atoms with E-state index in [9.17, 15) is 9.90 Å². The monoisotopic (exact) mass is 226 g/mol. The van der Waals surface area contributed by atoms with E-state index in [0.717, 1.165) is 51.7 Å². The van der Waals surface area contributed by atoms with Crippen LogP contribution in [0.25, 0.3) is 0 Å². The maximum atomic E-state index is 12.3. The van der Waals surface area contributed by atoms with E-state index in [2.05, 4.69) is 5.32 Å². The molecule has 16 heavy (non-hydrogen) atoms. The molecule has 0 bridgehead atoms. The lowest BCUT2D eigenvalue weighted by molar-refractivity contribution is -0.140. The summed E-state index contributed by atoms with van der Waals surface area (Å²) >= 11 is 0. The molecule has 2 fully saturated rings. The predicted molar refractivity (Wildman–Crippen MR) is 62.0 cm³/mol. The largest absolute Gasteiger partial charge is 0.394 e. The lowest BCUT2D eigenvalue weighted by Crippen LogP contribution is -2.50. The number of hydrogen-bond donors (Lipinski definition) is 2. The van der Waals surface area contributed by atoms with Gasteiger partial charge in [0.15, 0.2) is 0 Å². The molecule has 92 valence electrons. The van der Waals surface area contributed by atoms with Gasteiger partial charge in [-0.15, -0.1) is 0 Å². The molecule has 2 aliphatic rings. The number of amides is 1. The number of nitrogens with zero attached hydrogens (tertiary/aromatic N) is 1. The molecule has 0 aliphatic carbocycles. The van der Waals surface area contributed by atoms with Crippen molar-refractivity contribution in [3.8, 4) is 0 Å². The summed E-state index contributed by atoms with van der Waals surface area (Å²) < 4.78 is 0. The summed E-state index contributed by atoms with van der Waals surface area (Å²) in [5, 5.41) is 12.6. The fourth-order valence-corrected chi connectivity index (χ4v) is 2.78. The topological polar surface area (TPSA) is 52.6 Å². The Morgan fingerprint density at radius 2 is 2.19 bits per heavy atom. The number of piperidine rings is 2. The van der Waals surface area contributed by atoms with Gasteiger partial charge in [0.25, 0.3) is 0 Å². The SMILES string of the molecule is O=C([C@@H]1CCCNC1)N1CCCCC1CO. The first-order valence-corrected chi connectivity index (χ1v) is 6.45. The van der Waals surface area contributed by atoms with Crippen molar-refractivity contribution >= 4 is 5.91 Å². The molecular formula is C12H22N2O2. The van der Waals surface area contributed by atoms with Crippen LogP contribution in [0.5, 0.6) is 0 Å². The van der Waals surface area contributed by atoms with Gasteiger partial charge in [-0.05, 0) is 38.6 Å². The van der Waals surface area contributed by atoms with Crippen molar-refractivity contribution in [2.24, 2.45) is 5.92 Å². The van der Waals surface area contributed by atoms with Crippen LogP contribution in [0.4, 0.5) is 0 Å². The van der Waals surface area contributed by atoms with Crippen molar-refractivity contribution < 1.29 is 9.90 Å². The number of carbonyl (C=O) groups is 1. The normalized spacial score (nSPS) is 31.4. The van der Waals surface area contributed by atoms with E-state index in [1.54, 1.807) is 0 Å². The van der Waals surface area contributed by atoms with Gasteiger partial charge in [0.2, 0.25) is 5.91 Å². The summed E-state index contributed by atoms with van der Waals surface area (Å²) in [6.45, 7) is 2.80. The second kappa shape index (κ2) is 5.64.